The molecule has 0 rings (SSSR count). The van der Waals surface area contributed by atoms with Gasteiger partial charge >= 0.3 is 11.9 Å². The van der Waals surface area contributed by atoms with E-state index in [-0.39, 0.29) is 38.6 Å². The predicted molar refractivity (Wildman–Crippen MR) is 361 cm³/mol. The van der Waals surface area contributed by atoms with Gasteiger partial charge in [-0.3, -0.25) is 9.59 Å². The van der Waals surface area contributed by atoms with Gasteiger partial charge in [-0.25, -0.2) is 0 Å². The smallest absolute Gasteiger partial charge is 0.306 e. The van der Waals surface area contributed by atoms with Gasteiger partial charge in [-0.2, -0.15) is 0 Å². The molecule has 2 atom stereocenters. The Morgan fingerprint density at radius 1 is 0.353 bits per heavy atom. The SMILES string of the molecule is CC/C=C\C/C=C\C/C=C\C/C=C\C/C=C\C/C=C\C/C=C\C/C=C\CCCCCCCCCCCCCCCCCCC(=O)OC(COC(=O)CCCCCCCC/C=C\C/C=C\C/C=C\C/C=C\CC)COC(OCC[N+](C)(C)C)C(=O)[O-]. The van der Waals surface area contributed by atoms with E-state index in [1.807, 2.05) is 21.1 Å². The van der Waals surface area contributed by atoms with Crippen LogP contribution in [0.3, 0.4) is 0 Å². The van der Waals surface area contributed by atoms with Crippen molar-refractivity contribution in [3.63, 3.8) is 0 Å². The molecule has 85 heavy (non-hydrogen) atoms. The normalized spacial score (nSPS) is 13.7. The Morgan fingerprint density at radius 3 is 0.941 bits per heavy atom. The summed E-state index contributed by atoms with van der Waals surface area (Å²) in [5, 5.41) is 11.8. The number of unbranched alkanes of at least 4 members (excludes halogenated alkanes) is 22. The fraction of sp³-hybridized carbons (Fsp3) is 0.645. The molecule has 9 nitrogen and oxygen atoms in total. The first-order valence-electron chi connectivity index (χ1n) is 34.0. The standard InChI is InChI=1S/C76H125NO8/c1-6-8-10-12-14-16-18-20-22-24-26-27-28-29-30-31-32-33-34-35-36-37-38-39-40-41-42-43-44-45-46-47-49-51-53-55-57-59-61-63-65-67-74(79)85-72(71-84-76(75(80)81)82-69-68-77(3,4)5)70-83-73(78)66-64-62-60-58-56-54-52-50-48-25-23-21-19-17-15-13-11-9-7-2/h8-11,14-17,20-23,26-27,29-30,32-33,35-36,38-39,48,50,72,76H,6-7,12-13,18-19,24-25,28,31,34,37,40-47,49,51-71H2,1-5H3/b10-8-,11-9-,16-14-,17-15-,22-20-,23-21-,27-26-,30-29-,33-32-,36-35-,39-38-,50-48-. The summed E-state index contributed by atoms with van der Waals surface area (Å²) in [6, 6.07) is 0. The fourth-order valence-corrected chi connectivity index (χ4v) is 8.96. The van der Waals surface area contributed by atoms with Crippen molar-refractivity contribution in [2.75, 3.05) is 47.5 Å². The second-order valence-corrected chi connectivity index (χ2v) is 23.3. The first-order chi connectivity index (χ1) is 41.6. The largest absolute Gasteiger partial charge is 0.545 e. The first-order valence-corrected chi connectivity index (χ1v) is 34.0. The highest BCUT2D eigenvalue weighted by atomic mass is 16.7. The van der Waals surface area contributed by atoms with Gasteiger partial charge in [-0.15, -0.1) is 0 Å². The number of nitrogens with zero attached hydrogens (tertiary/aromatic N) is 1. The monoisotopic (exact) mass is 1180 g/mol. The summed E-state index contributed by atoms with van der Waals surface area (Å²) in [5.74, 6) is -2.31. The van der Waals surface area contributed by atoms with E-state index in [0.717, 1.165) is 141 Å². The maximum Gasteiger partial charge on any atom is 0.306 e. The van der Waals surface area contributed by atoms with Gasteiger partial charge in [0.1, 0.15) is 13.2 Å². The number of carboxylic acid groups (broad SMARTS) is 1. The Hall–Kier alpha value is -4.83. The number of hydrogen-bond donors (Lipinski definition) is 0. The van der Waals surface area contributed by atoms with Crippen LogP contribution in [-0.2, 0) is 33.3 Å². The Balaban J connectivity index is 4.09. The lowest BCUT2D eigenvalue weighted by atomic mass is 10.0. The van der Waals surface area contributed by atoms with E-state index in [2.05, 4.69) is 160 Å². The van der Waals surface area contributed by atoms with E-state index >= 15 is 0 Å². The molecular formula is C76H125NO8. The lowest BCUT2D eigenvalue weighted by Gasteiger charge is -2.26. The van der Waals surface area contributed by atoms with E-state index in [1.165, 1.54) is 83.5 Å². The Morgan fingerprint density at radius 2 is 0.635 bits per heavy atom. The molecule has 2 unspecified atom stereocenters. The van der Waals surface area contributed by atoms with Crippen molar-refractivity contribution in [1.82, 2.24) is 0 Å². The molecule has 0 bridgehead atoms. The van der Waals surface area contributed by atoms with E-state index in [1.54, 1.807) is 0 Å². The minimum Gasteiger partial charge on any atom is -0.545 e. The molecular weight excluding hydrogens is 1050 g/mol. The van der Waals surface area contributed by atoms with E-state index in [9.17, 15) is 19.5 Å². The molecule has 0 heterocycles. The third-order valence-corrected chi connectivity index (χ3v) is 14.1. The van der Waals surface area contributed by atoms with Crippen LogP contribution in [0, 0.1) is 0 Å². The van der Waals surface area contributed by atoms with Crippen LogP contribution in [-0.4, -0.2) is 82.3 Å². The highest BCUT2D eigenvalue weighted by molar-refractivity contribution is 5.70. The Kier molecular flexibility index (Phi) is 61.4. The number of carboxylic acids is 1. The van der Waals surface area contributed by atoms with Gasteiger partial charge < -0.3 is 33.3 Å². The Labute approximate surface area is 522 Å². The topological polar surface area (TPSA) is 111 Å². The number of quaternary nitrogens is 1. The number of likely N-dealkylation sites (N-methyl/N-ethyl adjacent to an activating group) is 1. The molecule has 0 aromatic rings. The molecule has 0 amide bonds. The van der Waals surface area contributed by atoms with Gasteiger partial charge in [0.25, 0.3) is 0 Å². The van der Waals surface area contributed by atoms with E-state index in [4.69, 9.17) is 18.9 Å². The average molecular weight is 1180 g/mol. The van der Waals surface area contributed by atoms with Crippen LogP contribution in [0.1, 0.15) is 258 Å². The Bertz CT molecular complexity index is 1900. The summed E-state index contributed by atoms with van der Waals surface area (Å²) >= 11 is 0. The molecule has 0 aromatic heterocycles. The van der Waals surface area contributed by atoms with Crippen molar-refractivity contribution in [3.05, 3.63) is 146 Å². The summed E-state index contributed by atoms with van der Waals surface area (Å²) < 4.78 is 22.7. The molecule has 0 radical (unpaired) electrons. The lowest BCUT2D eigenvalue weighted by Crippen LogP contribution is -2.44. The molecule has 9 heteroatoms. The molecule has 0 aliphatic carbocycles. The number of esters is 2. The van der Waals surface area contributed by atoms with Crippen molar-refractivity contribution < 1.29 is 42.9 Å². The van der Waals surface area contributed by atoms with Crippen LogP contribution < -0.4 is 5.11 Å². The summed E-state index contributed by atoms with van der Waals surface area (Å²) in [7, 11) is 5.92. The van der Waals surface area contributed by atoms with Crippen LogP contribution in [0.25, 0.3) is 0 Å². The fourth-order valence-electron chi connectivity index (χ4n) is 8.96. The molecule has 0 aliphatic rings. The van der Waals surface area contributed by atoms with Crippen LogP contribution in [0.15, 0.2) is 146 Å². The quantitative estimate of drug-likeness (QED) is 0.0195. The third-order valence-electron chi connectivity index (χ3n) is 14.1. The van der Waals surface area contributed by atoms with Gasteiger partial charge in [0.05, 0.1) is 40.3 Å². The predicted octanol–water partition coefficient (Wildman–Crippen LogP) is 19.8. The molecule has 0 saturated heterocycles. The second kappa shape index (κ2) is 65.2. The minimum atomic E-state index is -1.63. The second-order valence-electron chi connectivity index (χ2n) is 23.3. The van der Waals surface area contributed by atoms with Crippen molar-refractivity contribution in [3.8, 4) is 0 Å². The molecule has 0 fully saturated rings. The van der Waals surface area contributed by atoms with Crippen LogP contribution in [0.2, 0.25) is 0 Å². The maximum atomic E-state index is 12.9. The molecule has 0 spiro atoms. The highest BCUT2D eigenvalue weighted by Gasteiger charge is 2.22. The number of carbonyl (C=O) groups excluding carboxylic acids is 3. The number of carbonyl (C=O) groups is 3. The summed E-state index contributed by atoms with van der Waals surface area (Å²) in [6.45, 7) is 4.50. The zero-order chi connectivity index (χ0) is 61.9. The molecule has 0 aliphatic heterocycles. The van der Waals surface area contributed by atoms with Gasteiger partial charge in [0.15, 0.2) is 12.4 Å². The summed E-state index contributed by atoms with van der Waals surface area (Å²) in [5.41, 5.74) is 0. The number of ether oxygens (including phenoxy) is 4. The maximum absolute atomic E-state index is 12.9. The van der Waals surface area contributed by atoms with Crippen molar-refractivity contribution in [1.29, 1.82) is 0 Å². The molecule has 0 saturated carbocycles. The van der Waals surface area contributed by atoms with Crippen LogP contribution >= 0.6 is 0 Å². The van der Waals surface area contributed by atoms with Gasteiger partial charge in [-0.05, 0) is 116 Å². The number of aliphatic carboxylic acids is 1. The number of hydrogen-bond acceptors (Lipinski definition) is 8. The van der Waals surface area contributed by atoms with E-state index in [0.29, 0.717) is 17.4 Å². The van der Waals surface area contributed by atoms with Crippen molar-refractivity contribution in [2.24, 2.45) is 0 Å². The summed E-state index contributed by atoms with van der Waals surface area (Å²) in [6.07, 6.45) is 92.1. The van der Waals surface area contributed by atoms with E-state index < -0.39 is 24.3 Å². The van der Waals surface area contributed by atoms with Gasteiger partial charge in [-0.1, -0.05) is 275 Å². The zero-order valence-corrected chi connectivity index (χ0v) is 54.9. The van der Waals surface area contributed by atoms with Crippen molar-refractivity contribution >= 4 is 17.9 Å². The molecule has 482 valence electrons. The zero-order valence-electron chi connectivity index (χ0n) is 54.9. The summed E-state index contributed by atoms with van der Waals surface area (Å²) in [4.78, 5) is 37.4. The first kappa shape index (κ1) is 80.2. The van der Waals surface area contributed by atoms with Gasteiger partial charge in [0.2, 0.25) is 0 Å². The van der Waals surface area contributed by atoms with Crippen LogP contribution in [0.4, 0.5) is 0 Å². The van der Waals surface area contributed by atoms with Gasteiger partial charge in [0, 0.05) is 12.8 Å². The third kappa shape index (κ3) is 66.5. The van der Waals surface area contributed by atoms with Crippen LogP contribution in [0.5, 0.6) is 0 Å². The lowest BCUT2D eigenvalue weighted by molar-refractivity contribution is -0.870. The molecule has 0 N–H and O–H groups in total. The number of rotatable bonds is 61. The molecule has 0 aromatic carbocycles. The average Bonchev–Trinajstić information content (AvgIpc) is 3.49. The van der Waals surface area contributed by atoms with Crippen molar-refractivity contribution in [2.45, 2.75) is 270 Å². The number of allylic oxidation sites excluding steroid dienone is 24. The minimum absolute atomic E-state index is 0.139. The highest BCUT2D eigenvalue weighted by Crippen LogP contribution is 2.16.